The number of carboxylic acid groups (broad SMARTS) is 1. The quantitative estimate of drug-likeness (QED) is 0.855. The van der Waals surface area contributed by atoms with Crippen LogP contribution in [0.25, 0.3) is 0 Å². The summed E-state index contributed by atoms with van der Waals surface area (Å²) in [6.45, 7) is 4.13. The summed E-state index contributed by atoms with van der Waals surface area (Å²) >= 11 is 0. The standard InChI is InChI=1S/C17H18O6/c1-7-11-8(2)13-15(14(21-11)12(7)22-13)23-17(20)10-6-4-3-5-9(10)16(18)19/h3-8,11-15H,1-2H3,(H,18,19)/t7?,8-,11?,12-,13+,14+,15+/m0/s1. The van der Waals surface area contributed by atoms with E-state index >= 15 is 0 Å². The Morgan fingerprint density at radius 1 is 0.957 bits per heavy atom. The number of rotatable bonds is 3. The van der Waals surface area contributed by atoms with E-state index in [-0.39, 0.29) is 47.4 Å². The summed E-state index contributed by atoms with van der Waals surface area (Å²) in [4.78, 5) is 23.7. The van der Waals surface area contributed by atoms with Gasteiger partial charge in [-0.05, 0) is 12.1 Å². The maximum Gasteiger partial charge on any atom is 0.339 e. The zero-order valence-electron chi connectivity index (χ0n) is 12.8. The largest absolute Gasteiger partial charge is 0.478 e. The number of aromatic carboxylic acids is 1. The van der Waals surface area contributed by atoms with Crippen molar-refractivity contribution in [3.05, 3.63) is 35.4 Å². The first-order valence-electron chi connectivity index (χ1n) is 7.83. The first-order chi connectivity index (χ1) is 11.0. The maximum absolute atomic E-state index is 12.5. The number of hydrogen-bond acceptors (Lipinski definition) is 5. The third-order valence-electron chi connectivity index (χ3n) is 5.29. The molecule has 5 rings (SSSR count). The van der Waals surface area contributed by atoms with Crippen LogP contribution >= 0.6 is 0 Å². The number of carbonyl (C=O) groups is 2. The van der Waals surface area contributed by atoms with Gasteiger partial charge in [0, 0.05) is 11.8 Å². The van der Waals surface area contributed by atoms with E-state index in [9.17, 15) is 14.7 Å². The molecule has 0 saturated carbocycles. The highest BCUT2D eigenvalue weighted by atomic mass is 16.6. The number of carbonyl (C=O) groups excluding carboxylic acids is 1. The highest BCUT2D eigenvalue weighted by Crippen LogP contribution is 2.50. The van der Waals surface area contributed by atoms with Gasteiger partial charge < -0.3 is 19.3 Å². The van der Waals surface area contributed by atoms with Crippen LogP contribution < -0.4 is 0 Å². The zero-order valence-corrected chi connectivity index (χ0v) is 12.8. The lowest BCUT2D eigenvalue weighted by Gasteiger charge is -2.38. The zero-order chi connectivity index (χ0) is 16.3. The summed E-state index contributed by atoms with van der Waals surface area (Å²) in [7, 11) is 0. The topological polar surface area (TPSA) is 82.1 Å². The minimum absolute atomic E-state index is 0.0475. The average Bonchev–Trinajstić information content (AvgIpc) is 2.96. The van der Waals surface area contributed by atoms with Gasteiger partial charge in [-0.1, -0.05) is 26.0 Å². The van der Waals surface area contributed by atoms with E-state index in [2.05, 4.69) is 6.92 Å². The molecule has 4 aliphatic heterocycles. The molecule has 6 heteroatoms. The second kappa shape index (κ2) is 5.04. The van der Waals surface area contributed by atoms with Gasteiger partial charge in [-0.15, -0.1) is 0 Å². The van der Waals surface area contributed by atoms with Gasteiger partial charge in [-0.2, -0.15) is 0 Å². The van der Waals surface area contributed by atoms with Crippen LogP contribution in [0, 0.1) is 11.8 Å². The second-order valence-corrected chi connectivity index (χ2v) is 6.57. The fraction of sp³-hybridized carbons (Fsp3) is 0.529. The molecule has 23 heavy (non-hydrogen) atoms. The lowest BCUT2D eigenvalue weighted by molar-refractivity contribution is -0.152. The monoisotopic (exact) mass is 318 g/mol. The van der Waals surface area contributed by atoms with Crippen LogP contribution in [0.1, 0.15) is 34.6 Å². The third kappa shape index (κ3) is 2.01. The minimum atomic E-state index is -1.15. The van der Waals surface area contributed by atoms with Crippen LogP contribution in [0.4, 0.5) is 0 Å². The van der Waals surface area contributed by atoms with Gasteiger partial charge in [-0.25, -0.2) is 9.59 Å². The minimum Gasteiger partial charge on any atom is -0.478 e. The molecule has 0 radical (unpaired) electrons. The van der Waals surface area contributed by atoms with E-state index in [1.807, 2.05) is 6.92 Å². The van der Waals surface area contributed by atoms with Crippen molar-refractivity contribution >= 4 is 11.9 Å². The predicted molar refractivity (Wildman–Crippen MR) is 78.3 cm³/mol. The lowest BCUT2D eigenvalue weighted by atomic mass is 9.87. The third-order valence-corrected chi connectivity index (χ3v) is 5.29. The lowest BCUT2D eigenvalue weighted by Crippen LogP contribution is -2.49. The normalized spacial score (nSPS) is 40.3. The first kappa shape index (κ1) is 14.7. The molecular weight excluding hydrogens is 300 g/mol. The maximum atomic E-state index is 12.5. The van der Waals surface area contributed by atoms with Crippen molar-refractivity contribution in [2.45, 2.75) is 44.4 Å². The van der Waals surface area contributed by atoms with Gasteiger partial charge >= 0.3 is 11.9 Å². The molecule has 1 aromatic carbocycles. The van der Waals surface area contributed by atoms with Crippen LogP contribution in [0.5, 0.6) is 0 Å². The Kier molecular flexibility index (Phi) is 3.21. The molecule has 122 valence electrons. The molecule has 2 unspecified atom stereocenters. The Hall–Kier alpha value is -1.92. The molecule has 1 N–H and O–H groups in total. The molecule has 6 nitrogen and oxygen atoms in total. The first-order valence-corrected chi connectivity index (χ1v) is 7.83. The molecule has 4 heterocycles. The Balaban J connectivity index is 1.58. The van der Waals surface area contributed by atoms with Gasteiger partial charge in [0.2, 0.25) is 0 Å². The fourth-order valence-corrected chi connectivity index (χ4v) is 4.16. The Bertz CT molecular complexity index is 667. The summed E-state index contributed by atoms with van der Waals surface area (Å²) in [5, 5.41) is 9.21. The summed E-state index contributed by atoms with van der Waals surface area (Å²) < 4.78 is 17.6. The number of esters is 1. The number of carboxylic acids is 1. The van der Waals surface area contributed by atoms with Crippen LogP contribution in [0.2, 0.25) is 0 Å². The highest BCUT2D eigenvalue weighted by molar-refractivity contribution is 6.02. The fourth-order valence-electron chi connectivity index (χ4n) is 4.16. The molecule has 1 aromatic rings. The van der Waals surface area contributed by atoms with Crippen LogP contribution in [-0.2, 0) is 14.2 Å². The van der Waals surface area contributed by atoms with Crippen molar-refractivity contribution in [2.75, 3.05) is 0 Å². The smallest absolute Gasteiger partial charge is 0.339 e. The van der Waals surface area contributed by atoms with Crippen molar-refractivity contribution in [1.82, 2.24) is 0 Å². The summed E-state index contributed by atoms with van der Waals surface area (Å²) in [6.07, 6.45) is -0.817. The molecule has 0 spiro atoms. The SMILES string of the molecule is CC1C2O[C@H]3[C@H](OC(=O)c4ccccc4C(=O)O)[C@H](O[C@@H]13)[C@H]2C. The average molecular weight is 318 g/mol. The molecule has 4 saturated heterocycles. The van der Waals surface area contributed by atoms with E-state index < -0.39 is 18.0 Å². The predicted octanol–water partition coefficient (Wildman–Crippen LogP) is 1.73. The number of hydrogen-bond donors (Lipinski definition) is 1. The van der Waals surface area contributed by atoms with Gasteiger partial charge in [0.15, 0.2) is 6.10 Å². The molecule has 4 aliphatic rings. The molecule has 0 aliphatic carbocycles. The summed E-state index contributed by atoms with van der Waals surface area (Å²) in [6, 6.07) is 6.05. The molecule has 4 fully saturated rings. The Morgan fingerprint density at radius 2 is 1.57 bits per heavy atom. The van der Waals surface area contributed by atoms with Crippen molar-refractivity contribution in [3.8, 4) is 0 Å². The Labute approximate surface area is 133 Å². The van der Waals surface area contributed by atoms with Crippen LogP contribution in [-0.4, -0.2) is 47.6 Å². The summed E-state index contributed by atoms with van der Waals surface area (Å²) in [5.74, 6) is -1.37. The second-order valence-electron chi connectivity index (χ2n) is 6.57. The van der Waals surface area contributed by atoms with Crippen molar-refractivity contribution in [2.24, 2.45) is 11.8 Å². The molecule has 7 atom stereocenters. The van der Waals surface area contributed by atoms with Gasteiger partial charge in [0.1, 0.15) is 12.2 Å². The number of benzene rings is 1. The van der Waals surface area contributed by atoms with Gasteiger partial charge in [-0.3, -0.25) is 0 Å². The molecule has 4 bridgehead atoms. The van der Waals surface area contributed by atoms with E-state index in [1.54, 1.807) is 12.1 Å². The van der Waals surface area contributed by atoms with Gasteiger partial charge in [0.25, 0.3) is 0 Å². The van der Waals surface area contributed by atoms with Gasteiger partial charge in [0.05, 0.1) is 23.3 Å². The molecule has 0 aromatic heterocycles. The molecule has 0 amide bonds. The van der Waals surface area contributed by atoms with E-state index in [1.165, 1.54) is 12.1 Å². The Morgan fingerprint density at radius 3 is 2.26 bits per heavy atom. The molecular formula is C17H18O6. The van der Waals surface area contributed by atoms with Crippen molar-refractivity contribution < 1.29 is 28.9 Å². The van der Waals surface area contributed by atoms with Crippen molar-refractivity contribution in [3.63, 3.8) is 0 Å². The van der Waals surface area contributed by atoms with E-state index in [0.717, 1.165) is 0 Å². The highest BCUT2D eigenvalue weighted by Gasteiger charge is 2.65. The van der Waals surface area contributed by atoms with Crippen molar-refractivity contribution in [1.29, 1.82) is 0 Å². The van der Waals surface area contributed by atoms with Crippen LogP contribution in [0.3, 0.4) is 0 Å². The number of ether oxygens (including phenoxy) is 3. The van der Waals surface area contributed by atoms with E-state index in [4.69, 9.17) is 14.2 Å². The van der Waals surface area contributed by atoms with Crippen LogP contribution in [0.15, 0.2) is 24.3 Å². The van der Waals surface area contributed by atoms with E-state index in [0.29, 0.717) is 0 Å². The summed E-state index contributed by atoms with van der Waals surface area (Å²) in [5.41, 5.74) is -0.00812.